The highest BCUT2D eigenvalue weighted by molar-refractivity contribution is 9.10. The minimum atomic E-state index is -4.02. The number of hydrogen-bond donors (Lipinski definition) is 0. The molecule has 0 spiro atoms. The summed E-state index contributed by atoms with van der Waals surface area (Å²) in [6, 6.07) is 4.81. The van der Waals surface area contributed by atoms with Gasteiger partial charge >= 0.3 is 6.11 Å². The molecular formula is C13H6BrF5O. The predicted octanol–water partition coefficient (Wildman–Crippen LogP) is 4.99. The second-order valence-corrected chi connectivity index (χ2v) is 4.73. The Balaban J connectivity index is 2.32. The molecular weight excluding hydrogens is 347 g/mol. The van der Waals surface area contributed by atoms with E-state index in [0.29, 0.717) is 12.1 Å². The summed E-state index contributed by atoms with van der Waals surface area (Å²) in [7, 11) is 0. The lowest BCUT2D eigenvalue weighted by Crippen LogP contribution is -2.23. The smallest absolute Gasteiger partial charge is 0.429 e. The monoisotopic (exact) mass is 352 g/mol. The molecule has 7 heteroatoms. The molecule has 0 aliphatic rings. The fraction of sp³-hybridized carbons (Fsp3) is 0.0769. The van der Waals surface area contributed by atoms with Gasteiger partial charge in [0.2, 0.25) is 0 Å². The lowest BCUT2D eigenvalue weighted by molar-refractivity contribution is -0.187. The zero-order valence-corrected chi connectivity index (χ0v) is 11.2. The number of hydrogen-bond acceptors (Lipinski definition) is 1. The van der Waals surface area contributed by atoms with E-state index in [9.17, 15) is 22.0 Å². The summed E-state index contributed by atoms with van der Waals surface area (Å²) >= 11 is 2.93. The molecule has 0 bridgehead atoms. The van der Waals surface area contributed by atoms with Crippen molar-refractivity contribution in [2.75, 3.05) is 0 Å². The van der Waals surface area contributed by atoms with Gasteiger partial charge in [0.1, 0.15) is 17.1 Å². The second kappa shape index (κ2) is 5.40. The van der Waals surface area contributed by atoms with Crippen LogP contribution in [-0.2, 0) is 6.11 Å². The van der Waals surface area contributed by atoms with E-state index in [1.54, 1.807) is 0 Å². The van der Waals surface area contributed by atoms with E-state index in [4.69, 9.17) is 0 Å². The van der Waals surface area contributed by atoms with Gasteiger partial charge in [0, 0.05) is 10.5 Å². The number of benzene rings is 2. The highest BCUT2D eigenvalue weighted by Crippen LogP contribution is 2.34. The van der Waals surface area contributed by atoms with Crippen molar-refractivity contribution in [3.63, 3.8) is 0 Å². The Morgan fingerprint density at radius 2 is 1.55 bits per heavy atom. The third-order valence-corrected chi connectivity index (χ3v) is 2.88. The largest absolute Gasteiger partial charge is 0.429 e. The van der Waals surface area contributed by atoms with Crippen LogP contribution < -0.4 is 4.74 Å². The van der Waals surface area contributed by atoms with Gasteiger partial charge in [0.15, 0.2) is 11.6 Å². The van der Waals surface area contributed by atoms with E-state index >= 15 is 0 Å². The van der Waals surface area contributed by atoms with Crippen molar-refractivity contribution >= 4 is 15.9 Å². The van der Waals surface area contributed by atoms with E-state index in [1.807, 2.05) is 0 Å². The molecule has 0 fully saturated rings. The molecule has 2 aromatic rings. The Labute approximate surface area is 119 Å². The molecule has 0 heterocycles. The molecule has 0 aliphatic heterocycles. The number of rotatable bonds is 3. The van der Waals surface area contributed by atoms with Crippen molar-refractivity contribution in [1.82, 2.24) is 0 Å². The van der Waals surface area contributed by atoms with Crippen molar-refractivity contribution in [3.05, 3.63) is 63.9 Å². The van der Waals surface area contributed by atoms with E-state index < -0.39 is 34.9 Å². The summed E-state index contributed by atoms with van der Waals surface area (Å²) in [6.45, 7) is 0. The molecule has 0 saturated carbocycles. The van der Waals surface area contributed by atoms with Crippen molar-refractivity contribution in [2.24, 2.45) is 0 Å². The standard InChI is InChI=1S/C13H6BrF5O/c14-7-1-3-9(11(16)5-7)13(18,19)20-8-2-4-10(15)12(17)6-8/h1-6H. The first-order valence-corrected chi connectivity index (χ1v) is 6.06. The van der Waals surface area contributed by atoms with Crippen molar-refractivity contribution < 1.29 is 26.7 Å². The van der Waals surface area contributed by atoms with Gasteiger partial charge in [-0.25, -0.2) is 13.2 Å². The van der Waals surface area contributed by atoms with E-state index in [2.05, 4.69) is 20.7 Å². The minimum Gasteiger partial charge on any atom is -0.429 e. The third kappa shape index (κ3) is 3.09. The number of halogens is 6. The van der Waals surface area contributed by atoms with Crippen LogP contribution in [0.4, 0.5) is 22.0 Å². The van der Waals surface area contributed by atoms with Crippen LogP contribution in [0.25, 0.3) is 0 Å². The van der Waals surface area contributed by atoms with Gasteiger partial charge in [-0.3, -0.25) is 0 Å². The van der Waals surface area contributed by atoms with Gasteiger partial charge < -0.3 is 4.74 Å². The van der Waals surface area contributed by atoms with Gasteiger partial charge in [0.05, 0.1) is 0 Å². The highest BCUT2D eigenvalue weighted by Gasteiger charge is 2.37. The summed E-state index contributed by atoms with van der Waals surface area (Å²) in [5.74, 6) is -4.34. The number of alkyl halides is 2. The van der Waals surface area contributed by atoms with E-state index in [0.717, 1.165) is 18.2 Å². The molecule has 0 radical (unpaired) electrons. The van der Waals surface area contributed by atoms with Crippen molar-refractivity contribution in [1.29, 1.82) is 0 Å². The van der Waals surface area contributed by atoms with Crippen LogP contribution in [0.1, 0.15) is 5.56 Å². The van der Waals surface area contributed by atoms with Gasteiger partial charge in [-0.15, -0.1) is 0 Å². The molecule has 0 unspecified atom stereocenters. The van der Waals surface area contributed by atoms with Crippen LogP contribution in [-0.4, -0.2) is 0 Å². The Hall–Kier alpha value is -1.63. The maximum Gasteiger partial charge on any atom is 0.429 e. The second-order valence-electron chi connectivity index (χ2n) is 3.82. The molecule has 0 atom stereocenters. The quantitative estimate of drug-likeness (QED) is 0.706. The molecule has 106 valence electrons. The zero-order valence-electron chi connectivity index (χ0n) is 9.64. The maximum absolute atomic E-state index is 13.8. The Bertz CT molecular complexity index is 645. The summed E-state index contributed by atoms with van der Waals surface area (Å²) in [6.07, 6.45) is -4.02. The van der Waals surface area contributed by atoms with Crippen molar-refractivity contribution in [2.45, 2.75) is 6.11 Å². The predicted molar refractivity (Wildman–Crippen MR) is 65.0 cm³/mol. The molecule has 2 rings (SSSR count). The van der Waals surface area contributed by atoms with Gasteiger partial charge in [0.25, 0.3) is 0 Å². The van der Waals surface area contributed by atoms with Crippen LogP contribution in [0.5, 0.6) is 5.75 Å². The third-order valence-electron chi connectivity index (χ3n) is 2.38. The molecule has 1 nitrogen and oxygen atoms in total. The average Bonchev–Trinajstić information content (AvgIpc) is 2.33. The van der Waals surface area contributed by atoms with E-state index in [1.165, 1.54) is 6.07 Å². The summed E-state index contributed by atoms with van der Waals surface area (Å²) in [5, 5.41) is 0. The van der Waals surface area contributed by atoms with Crippen LogP contribution in [0.2, 0.25) is 0 Å². The fourth-order valence-electron chi connectivity index (χ4n) is 1.47. The summed E-state index contributed by atoms with van der Waals surface area (Å²) in [4.78, 5) is 0. The van der Waals surface area contributed by atoms with Crippen LogP contribution in [0.3, 0.4) is 0 Å². The molecule has 2 aromatic carbocycles. The van der Waals surface area contributed by atoms with E-state index in [-0.39, 0.29) is 4.47 Å². The van der Waals surface area contributed by atoms with Crippen LogP contribution in [0, 0.1) is 17.5 Å². The lowest BCUT2D eigenvalue weighted by atomic mass is 10.2. The Morgan fingerprint density at radius 3 is 2.15 bits per heavy atom. The first kappa shape index (κ1) is 14.8. The highest BCUT2D eigenvalue weighted by atomic mass is 79.9. The first-order valence-electron chi connectivity index (χ1n) is 5.27. The van der Waals surface area contributed by atoms with Gasteiger partial charge in [-0.05, 0) is 30.3 Å². The van der Waals surface area contributed by atoms with Gasteiger partial charge in [-0.2, -0.15) is 8.78 Å². The molecule has 0 aliphatic carbocycles. The fourth-order valence-corrected chi connectivity index (χ4v) is 1.80. The lowest BCUT2D eigenvalue weighted by Gasteiger charge is -2.19. The summed E-state index contributed by atoms with van der Waals surface area (Å²) < 4.78 is 71.1. The SMILES string of the molecule is Fc1ccc(OC(F)(F)c2ccc(Br)cc2F)cc1F. The molecule has 0 saturated heterocycles. The summed E-state index contributed by atoms with van der Waals surface area (Å²) in [5.41, 5.74) is -1.01. The normalized spacial score (nSPS) is 11.5. The number of ether oxygens (including phenoxy) is 1. The Kier molecular flexibility index (Phi) is 3.99. The topological polar surface area (TPSA) is 9.23 Å². The van der Waals surface area contributed by atoms with Crippen LogP contribution >= 0.6 is 15.9 Å². The van der Waals surface area contributed by atoms with Crippen LogP contribution in [0.15, 0.2) is 40.9 Å². The average molecular weight is 353 g/mol. The molecule has 0 amide bonds. The van der Waals surface area contributed by atoms with Crippen molar-refractivity contribution in [3.8, 4) is 5.75 Å². The maximum atomic E-state index is 13.8. The first-order chi connectivity index (χ1) is 9.29. The molecule has 0 aromatic heterocycles. The minimum absolute atomic E-state index is 0.280. The molecule has 0 N–H and O–H groups in total. The Morgan fingerprint density at radius 1 is 0.850 bits per heavy atom. The van der Waals surface area contributed by atoms with Gasteiger partial charge in [-0.1, -0.05) is 15.9 Å². The zero-order chi connectivity index (χ0) is 14.9. The molecule has 20 heavy (non-hydrogen) atoms.